The zero-order valence-electron chi connectivity index (χ0n) is 13.2. The number of nitrogens with one attached hydrogen (secondary N) is 1. The van der Waals surface area contributed by atoms with Gasteiger partial charge in [0.2, 0.25) is 5.91 Å². The van der Waals surface area contributed by atoms with E-state index in [1.807, 2.05) is 30.3 Å². The Kier molecular flexibility index (Phi) is 4.76. The lowest BCUT2D eigenvalue weighted by atomic mass is 10.1. The molecule has 0 saturated heterocycles. The first-order valence-electron chi connectivity index (χ1n) is 7.86. The minimum absolute atomic E-state index is 0.0398. The number of carbonyl (C=O) groups is 1. The highest BCUT2D eigenvalue weighted by molar-refractivity contribution is 5.90. The van der Waals surface area contributed by atoms with Crippen LogP contribution in [0.15, 0.2) is 48.7 Å². The van der Waals surface area contributed by atoms with Crippen molar-refractivity contribution in [2.45, 2.75) is 25.8 Å². The van der Waals surface area contributed by atoms with Crippen LogP contribution in [-0.2, 0) is 11.3 Å². The number of aromatic nitrogens is 2. The molecule has 0 spiro atoms. The first-order valence-corrected chi connectivity index (χ1v) is 7.86. The lowest BCUT2D eigenvalue weighted by molar-refractivity contribution is -0.116. The standard InChI is InChI=1S/C18H21N3O2/c1-23-16-8-6-15(7-9-16)13-21-17(10-11-19-21)20-18(22)12-14-4-2-3-5-14/h2,4,6-11,14H,3,5,12-13H2,1H3,(H,20,22)/t14-/m1/s1. The third kappa shape index (κ3) is 4.00. The molecule has 1 aromatic carbocycles. The van der Waals surface area contributed by atoms with Crippen LogP contribution in [-0.4, -0.2) is 22.8 Å². The van der Waals surface area contributed by atoms with Crippen LogP contribution in [0.1, 0.15) is 24.8 Å². The Hall–Kier alpha value is -2.56. The maximum absolute atomic E-state index is 12.2. The summed E-state index contributed by atoms with van der Waals surface area (Å²) in [6.07, 6.45) is 8.66. The van der Waals surface area contributed by atoms with Crippen LogP contribution in [0.5, 0.6) is 5.75 Å². The molecule has 0 saturated carbocycles. The normalized spacial score (nSPS) is 16.5. The van der Waals surface area contributed by atoms with E-state index in [0.717, 1.165) is 30.0 Å². The van der Waals surface area contributed by atoms with E-state index >= 15 is 0 Å². The van der Waals surface area contributed by atoms with Gasteiger partial charge in [0.25, 0.3) is 0 Å². The van der Waals surface area contributed by atoms with E-state index in [2.05, 4.69) is 22.6 Å². The molecular weight excluding hydrogens is 290 g/mol. The third-order valence-corrected chi connectivity index (χ3v) is 4.04. The van der Waals surface area contributed by atoms with Crippen molar-refractivity contribution in [1.82, 2.24) is 9.78 Å². The van der Waals surface area contributed by atoms with Gasteiger partial charge in [0.15, 0.2) is 0 Å². The highest BCUT2D eigenvalue weighted by Crippen LogP contribution is 2.21. The van der Waals surface area contributed by atoms with Crippen molar-refractivity contribution in [3.63, 3.8) is 0 Å². The van der Waals surface area contributed by atoms with Crippen molar-refractivity contribution in [1.29, 1.82) is 0 Å². The number of amides is 1. The van der Waals surface area contributed by atoms with E-state index in [0.29, 0.717) is 18.9 Å². The van der Waals surface area contributed by atoms with Crippen molar-refractivity contribution in [2.24, 2.45) is 5.92 Å². The third-order valence-electron chi connectivity index (χ3n) is 4.04. The lowest BCUT2D eigenvalue weighted by Gasteiger charge is -2.11. The van der Waals surface area contributed by atoms with Gasteiger partial charge in [-0.15, -0.1) is 0 Å². The average Bonchev–Trinajstić information content (AvgIpc) is 3.21. The van der Waals surface area contributed by atoms with Gasteiger partial charge in [0, 0.05) is 12.5 Å². The second-order valence-electron chi connectivity index (χ2n) is 5.74. The largest absolute Gasteiger partial charge is 0.497 e. The smallest absolute Gasteiger partial charge is 0.226 e. The monoisotopic (exact) mass is 311 g/mol. The summed E-state index contributed by atoms with van der Waals surface area (Å²) in [5.41, 5.74) is 1.10. The average molecular weight is 311 g/mol. The summed E-state index contributed by atoms with van der Waals surface area (Å²) in [6, 6.07) is 9.66. The predicted octanol–water partition coefficient (Wildman–Crippen LogP) is 3.23. The summed E-state index contributed by atoms with van der Waals surface area (Å²) in [4.78, 5) is 12.2. The van der Waals surface area contributed by atoms with Crippen molar-refractivity contribution >= 4 is 11.7 Å². The highest BCUT2D eigenvalue weighted by atomic mass is 16.5. The molecule has 23 heavy (non-hydrogen) atoms. The summed E-state index contributed by atoms with van der Waals surface area (Å²) in [5, 5.41) is 7.26. The molecule has 120 valence electrons. The van der Waals surface area contributed by atoms with Crippen LogP contribution in [0.2, 0.25) is 0 Å². The molecule has 1 aliphatic carbocycles. The molecule has 2 aromatic rings. The second kappa shape index (κ2) is 7.13. The number of ether oxygens (including phenoxy) is 1. The van der Waals surface area contributed by atoms with Crippen molar-refractivity contribution in [3.8, 4) is 5.75 Å². The Morgan fingerprint density at radius 1 is 1.35 bits per heavy atom. The molecule has 1 amide bonds. The number of hydrogen-bond donors (Lipinski definition) is 1. The molecule has 3 rings (SSSR count). The Morgan fingerprint density at radius 2 is 2.17 bits per heavy atom. The molecule has 1 N–H and O–H groups in total. The summed E-state index contributed by atoms with van der Waals surface area (Å²) in [6.45, 7) is 0.607. The first-order chi connectivity index (χ1) is 11.2. The molecule has 5 nitrogen and oxygen atoms in total. The molecule has 0 bridgehead atoms. The van der Waals surface area contributed by atoms with Crippen molar-refractivity contribution in [3.05, 3.63) is 54.2 Å². The molecule has 0 aliphatic heterocycles. The van der Waals surface area contributed by atoms with Gasteiger partial charge in [-0.3, -0.25) is 4.79 Å². The Balaban J connectivity index is 1.61. The zero-order valence-corrected chi connectivity index (χ0v) is 13.2. The van der Waals surface area contributed by atoms with Gasteiger partial charge in [-0.1, -0.05) is 24.3 Å². The molecule has 0 radical (unpaired) electrons. The van der Waals surface area contributed by atoms with Gasteiger partial charge >= 0.3 is 0 Å². The molecule has 5 heteroatoms. The number of nitrogens with zero attached hydrogens (tertiary/aromatic N) is 2. The predicted molar refractivity (Wildman–Crippen MR) is 89.4 cm³/mol. The van der Waals surface area contributed by atoms with Gasteiger partial charge in [-0.2, -0.15) is 5.10 Å². The fraction of sp³-hybridized carbons (Fsp3) is 0.333. The molecule has 0 fully saturated rings. The molecule has 1 heterocycles. The quantitative estimate of drug-likeness (QED) is 0.833. The number of rotatable bonds is 6. The number of carbonyl (C=O) groups excluding carboxylic acids is 1. The topological polar surface area (TPSA) is 56.1 Å². The number of anilines is 1. The van der Waals surface area contributed by atoms with Gasteiger partial charge in [0.1, 0.15) is 11.6 Å². The maximum atomic E-state index is 12.2. The van der Waals surface area contributed by atoms with Gasteiger partial charge in [-0.05, 0) is 36.5 Å². The van der Waals surface area contributed by atoms with Crippen LogP contribution in [0.4, 0.5) is 5.82 Å². The number of methoxy groups -OCH3 is 1. The fourth-order valence-corrected chi connectivity index (χ4v) is 2.77. The molecular formula is C18H21N3O2. The first kappa shape index (κ1) is 15.3. The lowest BCUT2D eigenvalue weighted by Crippen LogP contribution is -2.18. The van der Waals surface area contributed by atoms with E-state index in [-0.39, 0.29) is 5.91 Å². The summed E-state index contributed by atoms with van der Waals surface area (Å²) in [7, 11) is 1.65. The Bertz CT molecular complexity index is 689. The van der Waals surface area contributed by atoms with E-state index in [4.69, 9.17) is 4.74 Å². The summed E-state index contributed by atoms with van der Waals surface area (Å²) in [5.74, 6) is 1.96. The van der Waals surface area contributed by atoms with Crippen molar-refractivity contribution in [2.75, 3.05) is 12.4 Å². The molecule has 1 aromatic heterocycles. The Labute approximate surface area is 136 Å². The number of allylic oxidation sites excluding steroid dienone is 2. The Morgan fingerprint density at radius 3 is 2.87 bits per heavy atom. The highest BCUT2D eigenvalue weighted by Gasteiger charge is 2.15. The molecule has 0 unspecified atom stereocenters. The van der Waals surface area contributed by atoms with E-state index in [9.17, 15) is 4.79 Å². The fourth-order valence-electron chi connectivity index (χ4n) is 2.77. The van der Waals surface area contributed by atoms with Gasteiger partial charge in [-0.25, -0.2) is 4.68 Å². The SMILES string of the molecule is COc1ccc(Cn2nccc2NC(=O)C[C@@H]2C=CCC2)cc1. The zero-order chi connectivity index (χ0) is 16.1. The minimum atomic E-state index is 0.0398. The van der Waals surface area contributed by atoms with Crippen molar-refractivity contribution < 1.29 is 9.53 Å². The minimum Gasteiger partial charge on any atom is -0.497 e. The number of hydrogen-bond acceptors (Lipinski definition) is 3. The van der Waals surface area contributed by atoms with Gasteiger partial charge in [0.05, 0.1) is 19.9 Å². The van der Waals surface area contributed by atoms with Crippen LogP contribution < -0.4 is 10.1 Å². The van der Waals surface area contributed by atoms with Gasteiger partial charge < -0.3 is 10.1 Å². The second-order valence-corrected chi connectivity index (χ2v) is 5.74. The maximum Gasteiger partial charge on any atom is 0.226 e. The van der Waals surface area contributed by atoms with E-state index < -0.39 is 0 Å². The van der Waals surface area contributed by atoms with E-state index in [1.165, 1.54) is 0 Å². The van der Waals surface area contributed by atoms with Crippen LogP contribution in [0.3, 0.4) is 0 Å². The summed E-state index contributed by atoms with van der Waals surface area (Å²) >= 11 is 0. The van der Waals surface area contributed by atoms with Crippen LogP contribution in [0, 0.1) is 5.92 Å². The molecule has 1 atom stereocenters. The van der Waals surface area contributed by atoms with Crippen LogP contribution in [0.25, 0.3) is 0 Å². The van der Waals surface area contributed by atoms with Crippen LogP contribution >= 0.6 is 0 Å². The number of benzene rings is 1. The van der Waals surface area contributed by atoms with E-state index in [1.54, 1.807) is 18.0 Å². The summed E-state index contributed by atoms with van der Waals surface area (Å²) < 4.78 is 6.95. The molecule has 1 aliphatic rings.